The molecule has 3 atom stereocenters. The second kappa shape index (κ2) is 8.85. The summed E-state index contributed by atoms with van der Waals surface area (Å²) in [4.78, 5) is 0. The van der Waals surface area contributed by atoms with Gasteiger partial charge < -0.3 is 5.32 Å². The van der Waals surface area contributed by atoms with E-state index in [0.717, 1.165) is 24.1 Å². The highest BCUT2D eigenvalue weighted by molar-refractivity contribution is 7.99. The van der Waals surface area contributed by atoms with Crippen LogP contribution in [0.3, 0.4) is 0 Å². The minimum absolute atomic E-state index is 0.503. The van der Waals surface area contributed by atoms with Gasteiger partial charge in [-0.2, -0.15) is 11.8 Å². The second-order valence-corrected chi connectivity index (χ2v) is 7.77. The number of thioether (sulfide) groups is 1. The molecule has 3 unspecified atom stereocenters. The molecule has 1 fully saturated rings. The van der Waals surface area contributed by atoms with Gasteiger partial charge in [0.25, 0.3) is 0 Å². The molecule has 0 spiro atoms. The topological polar surface area (TPSA) is 12.0 Å². The van der Waals surface area contributed by atoms with Gasteiger partial charge in [0.15, 0.2) is 0 Å². The third kappa shape index (κ3) is 5.34. The van der Waals surface area contributed by atoms with Crippen LogP contribution >= 0.6 is 11.8 Å². The molecule has 0 bridgehead atoms. The van der Waals surface area contributed by atoms with E-state index in [1.54, 1.807) is 0 Å². The first-order valence-electron chi connectivity index (χ1n) is 8.66. The van der Waals surface area contributed by atoms with Crippen molar-refractivity contribution in [3.8, 4) is 0 Å². The Balaban J connectivity index is 1.91. The Kier molecular flexibility index (Phi) is 7.12. The molecule has 1 saturated carbocycles. The average molecular weight is 306 g/mol. The molecular weight excluding hydrogens is 274 g/mol. The second-order valence-electron chi connectivity index (χ2n) is 6.43. The SMILES string of the molecule is CCNC(CSC1CCCC(C)C1)c1ccc(CC)cc1. The summed E-state index contributed by atoms with van der Waals surface area (Å²) in [5, 5.41) is 4.55. The maximum atomic E-state index is 3.67. The first kappa shape index (κ1) is 16.9. The molecule has 0 heterocycles. The van der Waals surface area contributed by atoms with Crippen LogP contribution in [0.15, 0.2) is 24.3 Å². The van der Waals surface area contributed by atoms with Gasteiger partial charge >= 0.3 is 0 Å². The van der Waals surface area contributed by atoms with Gasteiger partial charge in [0, 0.05) is 17.0 Å². The third-order valence-corrected chi connectivity index (χ3v) is 6.05. The summed E-state index contributed by atoms with van der Waals surface area (Å²) >= 11 is 2.19. The number of hydrogen-bond donors (Lipinski definition) is 1. The fourth-order valence-electron chi connectivity index (χ4n) is 3.27. The van der Waals surface area contributed by atoms with Gasteiger partial charge in [0.2, 0.25) is 0 Å². The van der Waals surface area contributed by atoms with Gasteiger partial charge in [0.05, 0.1) is 0 Å². The number of benzene rings is 1. The van der Waals surface area contributed by atoms with Crippen molar-refractivity contribution in [3.05, 3.63) is 35.4 Å². The molecule has 0 radical (unpaired) electrons. The van der Waals surface area contributed by atoms with Gasteiger partial charge in [-0.15, -0.1) is 0 Å². The largest absolute Gasteiger partial charge is 0.310 e. The van der Waals surface area contributed by atoms with E-state index in [2.05, 4.69) is 62.1 Å². The van der Waals surface area contributed by atoms with Gasteiger partial charge in [0.1, 0.15) is 0 Å². The molecule has 1 nitrogen and oxygen atoms in total. The van der Waals surface area contributed by atoms with Crippen LogP contribution in [-0.4, -0.2) is 17.5 Å². The van der Waals surface area contributed by atoms with Crippen molar-refractivity contribution in [1.82, 2.24) is 5.32 Å². The summed E-state index contributed by atoms with van der Waals surface area (Å²) in [6, 6.07) is 9.70. The molecule has 1 N–H and O–H groups in total. The Bertz CT molecular complexity index is 401. The van der Waals surface area contributed by atoms with Gasteiger partial charge in [-0.25, -0.2) is 0 Å². The minimum atomic E-state index is 0.503. The Morgan fingerprint density at radius 1 is 1.19 bits per heavy atom. The molecule has 21 heavy (non-hydrogen) atoms. The van der Waals surface area contributed by atoms with Crippen LogP contribution < -0.4 is 5.32 Å². The summed E-state index contributed by atoms with van der Waals surface area (Å²) in [6.07, 6.45) is 6.82. The summed E-state index contributed by atoms with van der Waals surface area (Å²) in [6.45, 7) is 7.89. The molecule has 1 aliphatic rings. The number of nitrogens with one attached hydrogen (secondary N) is 1. The molecule has 0 amide bonds. The van der Waals surface area contributed by atoms with Crippen molar-refractivity contribution in [1.29, 1.82) is 0 Å². The van der Waals surface area contributed by atoms with E-state index in [0.29, 0.717) is 6.04 Å². The van der Waals surface area contributed by atoms with Crippen LogP contribution in [-0.2, 0) is 6.42 Å². The molecular formula is C19H31NS. The van der Waals surface area contributed by atoms with E-state index >= 15 is 0 Å². The zero-order valence-electron chi connectivity index (χ0n) is 13.9. The smallest absolute Gasteiger partial charge is 0.0411 e. The lowest BCUT2D eigenvalue weighted by molar-refractivity contribution is 0.394. The van der Waals surface area contributed by atoms with Crippen LogP contribution in [0, 0.1) is 5.92 Å². The maximum absolute atomic E-state index is 3.67. The summed E-state index contributed by atoms with van der Waals surface area (Å²) in [5.41, 5.74) is 2.88. The van der Waals surface area contributed by atoms with Gasteiger partial charge in [-0.05, 0) is 42.9 Å². The summed E-state index contributed by atoms with van der Waals surface area (Å²) < 4.78 is 0. The van der Waals surface area contributed by atoms with Crippen LogP contribution in [0.1, 0.15) is 63.6 Å². The van der Waals surface area contributed by atoms with Gasteiger partial charge in [-0.1, -0.05) is 57.9 Å². The normalized spacial score (nSPS) is 24.0. The Labute approximate surface area is 135 Å². The quantitative estimate of drug-likeness (QED) is 0.742. The van der Waals surface area contributed by atoms with Crippen LogP contribution in [0.2, 0.25) is 0 Å². The Morgan fingerprint density at radius 2 is 1.95 bits per heavy atom. The minimum Gasteiger partial charge on any atom is -0.310 e. The van der Waals surface area contributed by atoms with Crippen molar-refractivity contribution >= 4 is 11.8 Å². The zero-order chi connectivity index (χ0) is 15.1. The van der Waals surface area contributed by atoms with E-state index in [-0.39, 0.29) is 0 Å². The fourth-order valence-corrected chi connectivity index (χ4v) is 4.84. The highest BCUT2D eigenvalue weighted by Gasteiger charge is 2.21. The molecule has 0 saturated heterocycles. The zero-order valence-corrected chi connectivity index (χ0v) is 14.7. The first-order valence-corrected chi connectivity index (χ1v) is 9.71. The molecule has 1 aliphatic carbocycles. The highest BCUT2D eigenvalue weighted by Crippen LogP contribution is 2.33. The maximum Gasteiger partial charge on any atom is 0.0411 e. The van der Waals surface area contributed by atoms with Crippen LogP contribution in [0.5, 0.6) is 0 Å². The first-order chi connectivity index (χ1) is 10.2. The molecule has 1 aromatic rings. The van der Waals surface area contributed by atoms with Crippen LogP contribution in [0.4, 0.5) is 0 Å². The van der Waals surface area contributed by atoms with Crippen molar-refractivity contribution in [2.45, 2.75) is 64.2 Å². The van der Waals surface area contributed by atoms with E-state index in [9.17, 15) is 0 Å². The molecule has 0 aliphatic heterocycles. The molecule has 2 heteroatoms. The lowest BCUT2D eigenvalue weighted by Crippen LogP contribution is -2.25. The predicted octanol–water partition coefficient (Wildman–Crippen LogP) is 5.21. The lowest BCUT2D eigenvalue weighted by atomic mass is 9.91. The van der Waals surface area contributed by atoms with E-state index in [1.807, 2.05) is 0 Å². The number of rotatable bonds is 7. The van der Waals surface area contributed by atoms with E-state index in [1.165, 1.54) is 42.6 Å². The van der Waals surface area contributed by atoms with Crippen molar-refractivity contribution in [2.75, 3.05) is 12.3 Å². The molecule has 0 aromatic heterocycles. The average Bonchev–Trinajstić information content (AvgIpc) is 2.52. The highest BCUT2D eigenvalue weighted by atomic mass is 32.2. The standard InChI is InChI=1S/C19H31NS/c1-4-16-9-11-17(12-10-16)19(20-5-2)14-21-18-8-6-7-15(3)13-18/h9-12,15,18-20H,4-8,13-14H2,1-3H3. The summed E-state index contributed by atoms with van der Waals surface area (Å²) in [5.74, 6) is 2.13. The summed E-state index contributed by atoms with van der Waals surface area (Å²) in [7, 11) is 0. The predicted molar refractivity (Wildman–Crippen MR) is 96.1 cm³/mol. The van der Waals surface area contributed by atoms with E-state index in [4.69, 9.17) is 0 Å². The third-order valence-electron chi connectivity index (χ3n) is 4.63. The van der Waals surface area contributed by atoms with E-state index < -0.39 is 0 Å². The number of aryl methyl sites for hydroxylation is 1. The fraction of sp³-hybridized carbons (Fsp3) is 0.684. The Morgan fingerprint density at radius 3 is 2.57 bits per heavy atom. The molecule has 1 aromatic carbocycles. The number of hydrogen-bond acceptors (Lipinski definition) is 2. The Hall–Kier alpha value is -0.470. The van der Waals surface area contributed by atoms with Crippen molar-refractivity contribution < 1.29 is 0 Å². The monoisotopic (exact) mass is 305 g/mol. The van der Waals surface area contributed by atoms with Crippen molar-refractivity contribution in [3.63, 3.8) is 0 Å². The van der Waals surface area contributed by atoms with Crippen molar-refractivity contribution in [2.24, 2.45) is 5.92 Å². The van der Waals surface area contributed by atoms with Gasteiger partial charge in [-0.3, -0.25) is 0 Å². The molecule has 2 rings (SSSR count). The molecule has 118 valence electrons. The van der Waals surface area contributed by atoms with Crippen LogP contribution in [0.25, 0.3) is 0 Å². The lowest BCUT2D eigenvalue weighted by Gasteiger charge is -2.28.